The standard InChI is InChI=1S/C17H18N4O3/c1-10(2)23-14-8-12(5-6-18-14)17-20-16(21-24-17)13-7-11(3)19-15(9-13)22-4/h5-10H,1-4H3. The number of nitrogens with zero attached hydrogens (tertiary/aromatic N) is 4. The second-order valence-corrected chi connectivity index (χ2v) is 5.51. The molecule has 7 nitrogen and oxygen atoms in total. The van der Waals surface area contributed by atoms with E-state index in [2.05, 4.69) is 20.1 Å². The van der Waals surface area contributed by atoms with Crippen LogP contribution in [0.15, 0.2) is 35.0 Å². The van der Waals surface area contributed by atoms with Crippen molar-refractivity contribution in [2.24, 2.45) is 0 Å². The minimum Gasteiger partial charge on any atom is -0.481 e. The third kappa shape index (κ3) is 3.51. The zero-order chi connectivity index (χ0) is 17.1. The summed E-state index contributed by atoms with van der Waals surface area (Å²) in [5, 5.41) is 4.04. The molecule has 124 valence electrons. The number of rotatable bonds is 5. The van der Waals surface area contributed by atoms with Gasteiger partial charge in [-0.05, 0) is 32.9 Å². The highest BCUT2D eigenvalue weighted by molar-refractivity contribution is 5.61. The lowest BCUT2D eigenvalue weighted by Crippen LogP contribution is -2.06. The molecular weight excluding hydrogens is 308 g/mol. The van der Waals surface area contributed by atoms with Crippen molar-refractivity contribution in [2.75, 3.05) is 7.11 Å². The molecule has 3 aromatic rings. The second-order valence-electron chi connectivity index (χ2n) is 5.51. The molecule has 3 heterocycles. The Morgan fingerprint density at radius 3 is 2.58 bits per heavy atom. The quantitative estimate of drug-likeness (QED) is 0.711. The van der Waals surface area contributed by atoms with Gasteiger partial charge in [0.2, 0.25) is 17.6 Å². The number of aryl methyl sites for hydroxylation is 1. The summed E-state index contributed by atoms with van der Waals surface area (Å²) in [6, 6.07) is 7.21. The molecule has 0 spiro atoms. The van der Waals surface area contributed by atoms with Crippen molar-refractivity contribution in [1.29, 1.82) is 0 Å². The van der Waals surface area contributed by atoms with Crippen molar-refractivity contribution in [3.8, 4) is 34.6 Å². The molecule has 0 radical (unpaired) electrons. The molecule has 0 aliphatic heterocycles. The summed E-state index contributed by atoms with van der Waals surface area (Å²) in [7, 11) is 1.57. The van der Waals surface area contributed by atoms with Crippen LogP contribution in [0, 0.1) is 6.92 Å². The van der Waals surface area contributed by atoms with Gasteiger partial charge in [-0.1, -0.05) is 5.16 Å². The Bertz CT molecular complexity index is 845. The number of ether oxygens (including phenoxy) is 2. The zero-order valence-electron chi connectivity index (χ0n) is 14.0. The van der Waals surface area contributed by atoms with E-state index in [-0.39, 0.29) is 6.10 Å². The minimum atomic E-state index is 0.0401. The Hall–Kier alpha value is -2.96. The van der Waals surface area contributed by atoms with E-state index in [4.69, 9.17) is 14.0 Å². The lowest BCUT2D eigenvalue weighted by molar-refractivity contribution is 0.232. The Kier molecular flexibility index (Phi) is 4.41. The van der Waals surface area contributed by atoms with E-state index in [1.807, 2.05) is 26.8 Å². The van der Waals surface area contributed by atoms with Gasteiger partial charge in [0.1, 0.15) is 0 Å². The fraction of sp³-hybridized carbons (Fsp3) is 0.294. The molecule has 0 unspecified atom stereocenters. The van der Waals surface area contributed by atoms with Crippen LogP contribution < -0.4 is 9.47 Å². The van der Waals surface area contributed by atoms with Gasteiger partial charge in [0.25, 0.3) is 5.89 Å². The number of pyridine rings is 2. The van der Waals surface area contributed by atoms with Crippen LogP contribution in [-0.4, -0.2) is 33.3 Å². The summed E-state index contributed by atoms with van der Waals surface area (Å²) in [5.74, 6) is 1.89. The smallest absolute Gasteiger partial charge is 0.258 e. The summed E-state index contributed by atoms with van der Waals surface area (Å²) in [4.78, 5) is 12.9. The van der Waals surface area contributed by atoms with Crippen molar-refractivity contribution in [2.45, 2.75) is 26.9 Å². The van der Waals surface area contributed by atoms with E-state index in [1.54, 1.807) is 31.5 Å². The van der Waals surface area contributed by atoms with Crippen molar-refractivity contribution in [3.05, 3.63) is 36.2 Å². The predicted octanol–water partition coefficient (Wildman–Crippen LogP) is 3.30. The van der Waals surface area contributed by atoms with Crippen molar-refractivity contribution < 1.29 is 14.0 Å². The number of methoxy groups -OCH3 is 1. The van der Waals surface area contributed by atoms with Gasteiger partial charge in [-0.15, -0.1) is 0 Å². The third-order valence-electron chi connectivity index (χ3n) is 3.16. The van der Waals surface area contributed by atoms with Gasteiger partial charge in [-0.2, -0.15) is 4.98 Å². The minimum absolute atomic E-state index is 0.0401. The highest BCUT2D eigenvalue weighted by Crippen LogP contribution is 2.26. The fourth-order valence-electron chi connectivity index (χ4n) is 2.18. The first-order valence-corrected chi connectivity index (χ1v) is 7.55. The molecule has 0 aromatic carbocycles. The Morgan fingerprint density at radius 2 is 1.83 bits per heavy atom. The van der Waals surface area contributed by atoms with Crippen LogP contribution in [-0.2, 0) is 0 Å². The summed E-state index contributed by atoms with van der Waals surface area (Å²) in [6.45, 7) is 5.77. The molecule has 24 heavy (non-hydrogen) atoms. The van der Waals surface area contributed by atoms with Crippen molar-refractivity contribution >= 4 is 0 Å². The maximum absolute atomic E-state index is 5.59. The molecule has 0 fully saturated rings. The molecule has 0 atom stereocenters. The maximum atomic E-state index is 5.59. The molecule has 3 rings (SSSR count). The first kappa shape index (κ1) is 15.9. The van der Waals surface area contributed by atoms with Gasteiger partial charge >= 0.3 is 0 Å². The van der Waals surface area contributed by atoms with Crippen molar-refractivity contribution in [1.82, 2.24) is 20.1 Å². The summed E-state index contributed by atoms with van der Waals surface area (Å²) < 4.78 is 16.1. The topological polar surface area (TPSA) is 83.2 Å². The van der Waals surface area contributed by atoms with Crippen LogP contribution in [0.25, 0.3) is 22.8 Å². The van der Waals surface area contributed by atoms with Crippen LogP contribution in [0.5, 0.6) is 11.8 Å². The van der Waals surface area contributed by atoms with Gasteiger partial charge < -0.3 is 14.0 Å². The number of aromatic nitrogens is 4. The van der Waals surface area contributed by atoms with Crippen LogP contribution in [0.1, 0.15) is 19.5 Å². The van der Waals surface area contributed by atoms with E-state index < -0.39 is 0 Å². The van der Waals surface area contributed by atoms with Gasteiger partial charge in [-0.3, -0.25) is 0 Å². The molecule has 0 saturated heterocycles. The average Bonchev–Trinajstić information content (AvgIpc) is 3.04. The summed E-state index contributed by atoms with van der Waals surface area (Å²) in [6.07, 6.45) is 1.69. The first-order chi connectivity index (χ1) is 11.5. The molecule has 0 N–H and O–H groups in total. The van der Waals surface area contributed by atoms with Crippen LogP contribution in [0.2, 0.25) is 0 Å². The molecule has 0 bridgehead atoms. The van der Waals surface area contributed by atoms with Gasteiger partial charge in [0.05, 0.1) is 13.2 Å². The van der Waals surface area contributed by atoms with Crippen LogP contribution in [0.4, 0.5) is 0 Å². The van der Waals surface area contributed by atoms with E-state index in [0.29, 0.717) is 23.5 Å². The first-order valence-electron chi connectivity index (χ1n) is 7.55. The average molecular weight is 326 g/mol. The zero-order valence-corrected chi connectivity index (χ0v) is 14.0. The Balaban J connectivity index is 1.92. The highest BCUT2D eigenvalue weighted by atomic mass is 16.5. The second kappa shape index (κ2) is 6.66. The Morgan fingerprint density at radius 1 is 1.04 bits per heavy atom. The number of hydrogen-bond donors (Lipinski definition) is 0. The van der Waals surface area contributed by atoms with Gasteiger partial charge in [-0.25, -0.2) is 9.97 Å². The third-order valence-corrected chi connectivity index (χ3v) is 3.16. The summed E-state index contributed by atoms with van der Waals surface area (Å²) >= 11 is 0. The lowest BCUT2D eigenvalue weighted by atomic mass is 10.2. The van der Waals surface area contributed by atoms with E-state index in [0.717, 1.165) is 16.8 Å². The van der Waals surface area contributed by atoms with Crippen LogP contribution in [0.3, 0.4) is 0 Å². The van der Waals surface area contributed by atoms with Crippen molar-refractivity contribution in [3.63, 3.8) is 0 Å². The van der Waals surface area contributed by atoms with E-state index in [9.17, 15) is 0 Å². The molecule has 0 amide bonds. The van der Waals surface area contributed by atoms with Crippen LogP contribution >= 0.6 is 0 Å². The van der Waals surface area contributed by atoms with Gasteiger partial charge in [0, 0.05) is 35.2 Å². The maximum Gasteiger partial charge on any atom is 0.258 e. The summed E-state index contributed by atoms with van der Waals surface area (Å²) in [5.41, 5.74) is 2.34. The predicted molar refractivity (Wildman–Crippen MR) is 87.8 cm³/mol. The Labute approximate surface area is 139 Å². The lowest BCUT2D eigenvalue weighted by Gasteiger charge is -2.08. The normalized spacial score (nSPS) is 10.9. The molecular formula is C17H18N4O3. The van der Waals surface area contributed by atoms with E-state index >= 15 is 0 Å². The number of hydrogen-bond acceptors (Lipinski definition) is 7. The molecule has 7 heteroatoms. The molecule has 0 aliphatic rings. The van der Waals surface area contributed by atoms with Gasteiger partial charge in [0.15, 0.2) is 0 Å². The monoisotopic (exact) mass is 326 g/mol. The molecule has 0 aliphatic carbocycles. The SMILES string of the molecule is COc1cc(-c2noc(-c3ccnc(OC(C)C)c3)n2)cc(C)n1. The molecule has 0 saturated carbocycles. The largest absolute Gasteiger partial charge is 0.481 e. The van der Waals surface area contributed by atoms with E-state index in [1.165, 1.54) is 0 Å². The fourth-order valence-corrected chi connectivity index (χ4v) is 2.18. The highest BCUT2D eigenvalue weighted by Gasteiger charge is 2.13. The molecule has 3 aromatic heterocycles.